The van der Waals surface area contributed by atoms with Crippen molar-refractivity contribution in [2.45, 2.75) is 37.5 Å². The highest BCUT2D eigenvalue weighted by atomic mass is 19.1. The Kier molecular flexibility index (Phi) is 5.09. The maximum Gasteiger partial charge on any atom is 0.256 e. The lowest BCUT2D eigenvalue weighted by atomic mass is 9.82. The van der Waals surface area contributed by atoms with E-state index in [0.29, 0.717) is 32.5 Å². The molecule has 0 aromatic heterocycles. The van der Waals surface area contributed by atoms with E-state index < -0.39 is 23.1 Å². The van der Waals surface area contributed by atoms with Crippen LogP contribution < -0.4 is 5.32 Å². The molecule has 1 aromatic carbocycles. The zero-order valence-electron chi connectivity index (χ0n) is 14.5. The van der Waals surface area contributed by atoms with Gasteiger partial charge in [-0.1, -0.05) is 0 Å². The normalized spacial score (nSPS) is 32.8. The number of likely N-dealkylation sites (tertiary alicyclic amines) is 1. The Morgan fingerprint density at radius 3 is 2.92 bits per heavy atom. The summed E-state index contributed by atoms with van der Waals surface area (Å²) in [5, 5.41) is 13.8. The van der Waals surface area contributed by atoms with E-state index in [2.05, 4.69) is 5.32 Å². The van der Waals surface area contributed by atoms with Gasteiger partial charge in [0.1, 0.15) is 11.6 Å². The number of rotatable bonds is 2. The van der Waals surface area contributed by atoms with Crippen LogP contribution in [0.15, 0.2) is 18.2 Å². The van der Waals surface area contributed by atoms with Gasteiger partial charge in [0, 0.05) is 19.0 Å². The van der Waals surface area contributed by atoms with Gasteiger partial charge in [0.05, 0.1) is 29.9 Å². The minimum atomic E-state index is -0.968. The summed E-state index contributed by atoms with van der Waals surface area (Å²) in [6, 6.07) is 2.70. The Hall–Kier alpha value is -1.57. The Bertz CT molecular complexity index is 653. The zero-order chi connectivity index (χ0) is 18.2. The molecule has 1 amide bonds. The fourth-order valence-corrected chi connectivity index (χ4v) is 3.91. The highest BCUT2D eigenvalue weighted by Gasteiger charge is 2.43. The average molecular weight is 354 g/mol. The number of benzene rings is 1. The molecule has 0 bridgehead atoms. The van der Waals surface area contributed by atoms with Crippen molar-refractivity contribution in [3.63, 3.8) is 0 Å². The molecule has 2 fully saturated rings. The summed E-state index contributed by atoms with van der Waals surface area (Å²) < 4.78 is 33.2. The number of fused-ring (bicyclic) bond motifs is 1. The molecule has 1 aromatic rings. The van der Waals surface area contributed by atoms with E-state index in [1.165, 1.54) is 4.90 Å². The van der Waals surface area contributed by atoms with Gasteiger partial charge in [-0.15, -0.1) is 0 Å². The first-order valence-electron chi connectivity index (χ1n) is 8.57. The van der Waals surface area contributed by atoms with Crippen LogP contribution in [-0.4, -0.2) is 60.4 Å². The Morgan fingerprint density at radius 1 is 1.44 bits per heavy atom. The second kappa shape index (κ2) is 6.97. The first kappa shape index (κ1) is 18.2. The molecule has 0 radical (unpaired) electrons. The number of carbonyl (C=O) groups is 1. The zero-order valence-corrected chi connectivity index (χ0v) is 14.5. The number of carbonyl (C=O) groups excluding carboxylic acids is 1. The van der Waals surface area contributed by atoms with Crippen LogP contribution in [-0.2, 0) is 4.74 Å². The maximum absolute atomic E-state index is 13.9. The van der Waals surface area contributed by atoms with Gasteiger partial charge in [-0.2, -0.15) is 0 Å². The summed E-state index contributed by atoms with van der Waals surface area (Å²) in [5.41, 5.74) is -1.22. The molecule has 0 spiro atoms. The first-order chi connectivity index (χ1) is 11.8. The Morgan fingerprint density at radius 2 is 2.20 bits per heavy atom. The molecular formula is C18H24F2N2O3. The molecule has 2 saturated heterocycles. The molecule has 7 heteroatoms. The quantitative estimate of drug-likeness (QED) is 0.846. The minimum Gasteiger partial charge on any atom is -0.388 e. The summed E-state index contributed by atoms with van der Waals surface area (Å²) in [5.74, 6) is -1.95. The van der Waals surface area contributed by atoms with Crippen molar-refractivity contribution < 1.29 is 23.4 Å². The van der Waals surface area contributed by atoms with Gasteiger partial charge >= 0.3 is 0 Å². The summed E-state index contributed by atoms with van der Waals surface area (Å²) in [6.45, 7) is 2.93. The number of nitrogens with zero attached hydrogens (tertiary/aromatic N) is 1. The molecule has 0 saturated carbocycles. The van der Waals surface area contributed by atoms with Crippen molar-refractivity contribution in [2.75, 3.05) is 26.7 Å². The number of nitrogens with one attached hydrogen (secondary N) is 1. The predicted molar refractivity (Wildman–Crippen MR) is 88.2 cm³/mol. The van der Waals surface area contributed by atoms with Crippen LogP contribution in [0.1, 0.15) is 30.1 Å². The highest BCUT2D eigenvalue weighted by Crippen LogP contribution is 2.33. The molecule has 0 unspecified atom stereocenters. The van der Waals surface area contributed by atoms with Crippen molar-refractivity contribution in [1.29, 1.82) is 0 Å². The molecule has 138 valence electrons. The van der Waals surface area contributed by atoms with Crippen LogP contribution in [0.2, 0.25) is 0 Å². The molecule has 2 heterocycles. The molecule has 25 heavy (non-hydrogen) atoms. The Labute approximate surface area is 146 Å². The molecule has 0 aliphatic carbocycles. The van der Waals surface area contributed by atoms with Crippen LogP contribution >= 0.6 is 0 Å². The predicted octanol–water partition coefficient (Wildman–Crippen LogP) is 1.55. The number of hydrogen-bond donors (Lipinski definition) is 2. The summed E-state index contributed by atoms with van der Waals surface area (Å²) in [6.07, 6.45) is 1.03. The maximum atomic E-state index is 13.9. The Balaban J connectivity index is 1.77. The SMILES string of the molecule is CN[C@@H]1CO[C@@H]2CCN(C(=O)c3cc(F)ccc3F)C[C@@H]2C[C@@]1(C)O. The van der Waals surface area contributed by atoms with Crippen LogP contribution in [0.4, 0.5) is 8.78 Å². The molecular weight excluding hydrogens is 330 g/mol. The number of amides is 1. The smallest absolute Gasteiger partial charge is 0.256 e. The van der Waals surface area contributed by atoms with Crippen molar-refractivity contribution >= 4 is 5.91 Å². The second-order valence-electron chi connectivity index (χ2n) is 7.20. The third kappa shape index (κ3) is 3.68. The molecule has 2 N–H and O–H groups in total. The van der Waals surface area contributed by atoms with E-state index in [-0.39, 0.29) is 23.6 Å². The average Bonchev–Trinajstić information content (AvgIpc) is 2.70. The van der Waals surface area contributed by atoms with Crippen molar-refractivity contribution in [3.05, 3.63) is 35.4 Å². The van der Waals surface area contributed by atoms with E-state index in [1.54, 1.807) is 14.0 Å². The fraction of sp³-hybridized carbons (Fsp3) is 0.611. The molecule has 5 nitrogen and oxygen atoms in total. The van der Waals surface area contributed by atoms with E-state index in [1.807, 2.05) is 0 Å². The van der Waals surface area contributed by atoms with Gasteiger partial charge in [0.2, 0.25) is 0 Å². The van der Waals surface area contributed by atoms with Crippen molar-refractivity contribution in [1.82, 2.24) is 10.2 Å². The third-order valence-corrected chi connectivity index (χ3v) is 5.36. The number of halogens is 2. The van der Waals surface area contributed by atoms with Crippen LogP contribution in [0.25, 0.3) is 0 Å². The first-order valence-corrected chi connectivity index (χ1v) is 8.57. The molecule has 2 aliphatic heterocycles. The van der Waals surface area contributed by atoms with Crippen LogP contribution in [0.3, 0.4) is 0 Å². The van der Waals surface area contributed by atoms with Gasteiger partial charge in [0.25, 0.3) is 5.91 Å². The molecule has 4 atom stereocenters. The van der Waals surface area contributed by atoms with E-state index in [9.17, 15) is 18.7 Å². The van der Waals surface area contributed by atoms with Gasteiger partial charge in [0.15, 0.2) is 0 Å². The summed E-state index contributed by atoms with van der Waals surface area (Å²) in [7, 11) is 1.78. The van der Waals surface area contributed by atoms with Crippen molar-refractivity contribution in [3.8, 4) is 0 Å². The van der Waals surface area contributed by atoms with E-state index >= 15 is 0 Å². The lowest BCUT2D eigenvalue weighted by molar-refractivity contribution is -0.0218. The third-order valence-electron chi connectivity index (χ3n) is 5.36. The monoisotopic (exact) mass is 354 g/mol. The van der Waals surface area contributed by atoms with Crippen molar-refractivity contribution in [2.24, 2.45) is 5.92 Å². The fourth-order valence-electron chi connectivity index (χ4n) is 3.91. The summed E-state index contributed by atoms with van der Waals surface area (Å²) >= 11 is 0. The van der Waals surface area contributed by atoms with E-state index in [4.69, 9.17) is 4.74 Å². The molecule has 3 rings (SSSR count). The highest BCUT2D eigenvalue weighted by molar-refractivity contribution is 5.94. The minimum absolute atomic E-state index is 0.0498. The summed E-state index contributed by atoms with van der Waals surface area (Å²) in [4.78, 5) is 14.1. The number of ether oxygens (including phenoxy) is 1. The largest absolute Gasteiger partial charge is 0.388 e. The standard InChI is InChI=1S/C18H24F2N2O3/c1-18(24)8-11-9-22(6-5-15(11)25-10-16(18)21-2)17(23)13-7-12(19)3-4-14(13)20/h3-4,7,11,15-16,21,24H,5-6,8-10H2,1-2H3/t11-,15+,16+,18+/m0/s1. The van der Waals surface area contributed by atoms with Crippen LogP contribution in [0.5, 0.6) is 0 Å². The second-order valence-corrected chi connectivity index (χ2v) is 7.20. The van der Waals surface area contributed by atoms with Gasteiger partial charge in [-0.05, 0) is 45.0 Å². The molecule has 2 aliphatic rings. The number of hydrogen-bond acceptors (Lipinski definition) is 4. The topological polar surface area (TPSA) is 61.8 Å². The number of likely N-dealkylation sites (N-methyl/N-ethyl adjacent to an activating group) is 1. The lowest BCUT2D eigenvalue weighted by Gasteiger charge is -2.39. The number of piperidine rings is 1. The van der Waals surface area contributed by atoms with E-state index in [0.717, 1.165) is 18.2 Å². The number of aliphatic hydroxyl groups is 1. The van der Waals surface area contributed by atoms with Gasteiger partial charge in [-0.25, -0.2) is 8.78 Å². The van der Waals surface area contributed by atoms with Gasteiger partial charge < -0.3 is 20.1 Å². The van der Waals surface area contributed by atoms with Gasteiger partial charge in [-0.3, -0.25) is 4.79 Å². The van der Waals surface area contributed by atoms with Crippen LogP contribution in [0, 0.1) is 17.6 Å². The lowest BCUT2D eigenvalue weighted by Crippen LogP contribution is -2.51.